The molecular weight excluding hydrogens is 306 g/mol. The Morgan fingerprint density at radius 1 is 1.12 bits per heavy atom. The smallest absolute Gasteiger partial charge is 0.319 e. The number of benzene rings is 2. The van der Waals surface area contributed by atoms with Crippen LogP contribution in [0.2, 0.25) is 0 Å². The van der Waals surface area contributed by atoms with Crippen LogP contribution in [0.4, 0.5) is 16.2 Å². The molecule has 6 heteroatoms. The number of nitrogens with one attached hydrogen (secondary N) is 2. The summed E-state index contributed by atoms with van der Waals surface area (Å²) in [6.07, 6.45) is 0.286. The highest BCUT2D eigenvalue weighted by atomic mass is 16.5. The summed E-state index contributed by atoms with van der Waals surface area (Å²) in [5, 5.41) is 5.60. The van der Waals surface area contributed by atoms with Crippen LogP contribution in [0.3, 0.4) is 0 Å². The number of nitrogens with zero attached hydrogens (tertiary/aromatic N) is 1. The molecule has 124 valence electrons. The monoisotopic (exact) mass is 325 g/mol. The lowest BCUT2D eigenvalue weighted by atomic mass is 10.2. The molecule has 24 heavy (non-hydrogen) atoms. The van der Waals surface area contributed by atoms with Crippen LogP contribution in [-0.2, 0) is 4.79 Å². The van der Waals surface area contributed by atoms with Gasteiger partial charge in [0.15, 0.2) is 0 Å². The summed E-state index contributed by atoms with van der Waals surface area (Å²) in [5.41, 5.74) is 1.51. The van der Waals surface area contributed by atoms with Gasteiger partial charge in [-0.2, -0.15) is 0 Å². The number of carbonyl (C=O) groups is 2. The van der Waals surface area contributed by atoms with Gasteiger partial charge in [0.1, 0.15) is 5.75 Å². The molecule has 0 bridgehead atoms. The maximum Gasteiger partial charge on any atom is 0.319 e. The van der Waals surface area contributed by atoms with Gasteiger partial charge in [0.05, 0.1) is 13.2 Å². The first-order chi connectivity index (χ1) is 11.7. The van der Waals surface area contributed by atoms with Crippen molar-refractivity contribution in [1.29, 1.82) is 0 Å². The lowest BCUT2D eigenvalue weighted by Gasteiger charge is -2.17. The molecule has 6 nitrogen and oxygen atoms in total. The molecule has 0 aromatic heterocycles. The predicted octanol–water partition coefficient (Wildman–Crippen LogP) is 2.62. The molecule has 0 saturated carbocycles. The molecule has 0 radical (unpaired) electrons. The van der Waals surface area contributed by atoms with E-state index in [-0.39, 0.29) is 24.4 Å². The van der Waals surface area contributed by atoms with E-state index >= 15 is 0 Å². The Kier molecular flexibility index (Phi) is 4.65. The second-order valence-electron chi connectivity index (χ2n) is 5.57. The standard InChI is InChI=1S/C18H19N3O3/c1-24-16-9-7-15(8-10-16)21-12-14(11-17(21)22)20-18(23)19-13-5-3-2-4-6-13/h2-10,14H,11-12H2,1H3,(H2,19,20,23)/t14-/m1/s1. The van der Waals surface area contributed by atoms with E-state index in [1.807, 2.05) is 54.6 Å². The summed E-state index contributed by atoms with van der Waals surface area (Å²) in [6.45, 7) is 0.452. The van der Waals surface area contributed by atoms with Crippen molar-refractivity contribution in [2.45, 2.75) is 12.5 Å². The average molecular weight is 325 g/mol. The average Bonchev–Trinajstić information content (AvgIpc) is 2.96. The number of urea groups is 1. The van der Waals surface area contributed by atoms with Gasteiger partial charge in [-0.1, -0.05) is 18.2 Å². The minimum atomic E-state index is -0.310. The first-order valence-electron chi connectivity index (χ1n) is 7.72. The van der Waals surface area contributed by atoms with E-state index in [0.717, 1.165) is 11.4 Å². The summed E-state index contributed by atoms with van der Waals surface area (Å²) in [4.78, 5) is 25.9. The Labute approximate surface area is 140 Å². The molecule has 0 spiro atoms. The van der Waals surface area contributed by atoms with Crippen LogP contribution in [0.1, 0.15) is 6.42 Å². The Morgan fingerprint density at radius 2 is 1.83 bits per heavy atom. The minimum Gasteiger partial charge on any atom is -0.497 e. The zero-order valence-corrected chi connectivity index (χ0v) is 13.4. The third kappa shape index (κ3) is 3.65. The number of carbonyl (C=O) groups excluding carboxylic acids is 2. The third-order valence-corrected chi connectivity index (χ3v) is 3.88. The van der Waals surface area contributed by atoms with Gasteiger partial charge in [-0.15, -0.1) is 0 Å². The van der Waals surface area contributed by atoms with E-state index in [9.17, 15) is 9.59 Å². The number of anilines is 2. The Morgan fingerprint density at radius 3 is 2.50 bits per heavy atom. The largest absolute Gasteiger partial charge is 0.497 e. The van der Waals surface area contributed by atoms with Crippen LogP contribution in [-0.4, -0.2) is 31.6 Å². The normalized spacial score (nSPS) is 16.8. The molecule has 0 aliphatic carbocycles. The SMILES string of the molecule is COc1ccc(N2C[C@H](NC(=O)Nc3ccccc3)CC2=O)cc1. The van der Waals surface area contributed by atoms with Crippen LogP contribution >= 0.6 is 0 Å². The second-order valence-corrected chi connectivity index (χ2v) is 5.57. The molecule has 1 aliphatic rings. The van der Waals surface area contributed by atoms with Gasteiger partial charge in [-0.25, -0.2) is 4.79 Å². The van der Waals surface area contributed by atoms with Crippen molar-refractivity contribution < 1.29 is 14.3 Å². The van der Waals surface area contributed by atoms with Crippen LogP contribution < -0.4 is 20.3 Å². The highest BCUT2D eigenvalue weighted by Crippen LogP contribution is 2.24. The second kappa shape index (κ2) is 7.04. The number of rotatable bonds is 4. The van der Waals surface area contributed by atoms with Gasteiger partial charge in [-0.05, 0) is 36.4 Å². The lowest BCUT2D eigenvalue weighted by molar-refractivity contribution is -0.117. The molecule has 0 unspecified atom stereocenters. The van der Waals surface area contributed by atoms with Crippen LogP contribution in [0.25, 0.3) is 0 Å². The van der Waals surface area contributed by atoms with Gasteiger partial charge in [-0.3, -0.25) is 4.79 Å². The first kappa shape index (κ1) is 15.9. The minimum absolute atomic E-state index is 0.00909. The Bertz CT molecular complexity index is 716. The molecule has 1 saturated heterocycles. The zero-order valence-electron chi connectivity index (χ0n) is 13.4. The molecule has 2 aromatic carbocycles. The van der Waals surface area contributed by atoms with E-state index < -0.39 is 0 Å². The molecule has 1 aliphatic heterocycles. The fraction of sp³-hybridized carbons (Fsp3) is 0.222. The van der Waals surface area contributed by atoms with Crippen LogP contribution in [0.5, 0.6) is 5.75 Å². The molecule has 1 heterocycles. The highest BCUT2D eigenvalue weighted by Gasteiger charge is 2.31. The van der Waals surface area contributed by atoms with E-state index in [0.29, 0.717) is 12.2 Å². The van der Waals surface area contributed by atoms with Gasteiger partial charge in [0.2, 0.25) is 5.91 Å². The molecule has 2 aromatic rings. The summed E-state index contributed by atoms with van der Waals surface area (Å²) < 4.78 is 5.12. The first-order valence-corrected chi connectivity index (χ1v) is 7.72. The number of para-hydroxylation sites is 1. The van der Waals surface area contributed by atoms with Crippen molar-refractivity contribution in [3.63, 3.8) is 0 Å². The van der Waals surface area contributed by atoms with E-state index in [1.54, 1.807) is 12.0 Å². The Balaban J connectivity index is 1.59. The van der Waals surface area contributed by atoms with Crippen molar-refractivity contribution >= 4 is 23.3 Å². The maximum absolute atomic E-state index is 12.2. The topological polar surface area (TPSA) is 70.7 Å². The van der Waals surface area contributed by atoms with Gasteiger partial charge >= 0.3 is 6.03 Å². The van der Waals surface area contributed by atoms with E-state index in [4.69, 9.17) is 4.74 Å². The Hall–Kier alpha value is -3.02. The number of hydrogen-bond donors (Lipinski definition) is 2. The molecule has 1 fully saturated rings. The lowest BCUT2D eigenvalue weighted by Crippen LogP contribution is -2.39. The number of ether oxygens (including phenoxy) is 1. The summed E-state index contributed by atoms with van der Waals surface area (Å²) in [7, 11) is 1.60. The summed E-state index contributed by atoms with van der Waals surface area (Å²) in [6, 6.07) is 16.0. The fourth-order valence-electron chi connectivity index (χ4n) is 2.69. The van der Waals surface area contributed by atoms with Crippen LogP contribution in [0, 0.1) is 0 Å². The molecular formula is C18H19N3O3. The highest BCUT2D eigenvalue weighted by molar-refractivity contribution is 5.97. The quantitative estimate of drug-likeness (QED) is 0.908. The van der Waals surface area contributed by atoms with Crippen molar-refractivity contribution in [3.05, 3.63) is 54.6 Å². The van der Waals surface area contributed by atoms with Gasteiger partial charge in [0, 0.05) is 24.3 Å². The van der Waals surface area contributed by atoms with Crippen molar-refractivity contribution in [3.8, 4) is 5.75 Å². The van der Waals surface area contributed by atoms with Gasteiger partial charge in [0.25, 0.3) is 0 Å². The molecule has 3 rings (SSSR count). The number of amides is 3. The number of hydrogen-bond acceptors (Lipinski definition) is 3. The van der Waals surface area contributed by atoms with Crippen molar-refractivity contribution in [2.24, 2.45) is 0 Å². The fourth-order valence-corrected chi connectivity index (χ4v) is 2.69. The van der Waals surface area contributed by atoms with E-state index in [2.05, 4.69) is 10.6 Å². The molecule has 1 atom stereocenters. The zero-order chi connectivity index (χ0) is 16.9. The third-order valence-electron chi connectivity index (χ3n) is 3.88. The maximum atomic E-state index is 12.2. The number of methoxy groups -OCH3 is 1. The van der Waals surface area contributed by atoms with Crippen molar-refractivity contribution in [1.82, 2.24) is 5.32 Å². The van der Waals surface area contributed by atoms with Crippen LogP contribution in [0.15, 0.2) is 54.6 Å². The molecule has 3 amide bonds. The van der Waals surface area contributed by atoms with Crippen molar-refractivity contribution in [2.75, 3.05) is 23.9 Å². The van der Waals surface area contributed by atoms with Gasteiger partial charge < -0.3 is 20.3 Å². The predicted molar refractivity (Wildman–Crippen MR) is 92.3 cm³/mol. The van der Waals surface area contributed by atoms with E-state index in [1.165, 1.54) is 0 Å². The molecule has 2 N–H and O–H groups in total. The summed E-state index contributed by atoms with van der Waals surface area (Å²) >= 11 is 0. The summed E-state index contributed by atoms with van der Waals surface area (Å²) in [5.74, 6) is 0.729.